The maximum atomic E-state index is 14.0. The zero-order chi connectivity index (χ0) is 13.7. The third-order valence-corrected chi connectivity index (χ3v) is 3.76. The Kier molecular flexibility index (Phi) is 4.95. The fourth-order valence-electron chi connectivity index (χ4n) is 2.65. The Balaban J connectivity index is 2.04. The van der Waals surface area contributed by atoms with E-state index in [2.05, 4.69) is 23.8 Å². The second-order valence-corrected chi connectivity index (χ2v) is 5.17. The summed E-state index contributed by atoms with van der Waals surface area (Å²) in [6, 6.07) is 5.81. The number of hydrogen-bond donors (Lipinski definition) is 1. The molecule has 0 bridgehead atoms. The fourth-order valence-corrected chi connectivity index (χ4v) is 2.65. The largest absolute Gasteiger partial charge is 0.320 e. The molecule has 1 aliphatic carbocycles. The molecule has 1 aromatic carbocycles. The molecule has 0 saturated heterocycles. The van der Waals surface area contributed by atoms with Crippen molar-refractivity contribution in [2.24, 2.45) is 5.73 Å². The van der Waals surface area contributed by atoms with Crippen molar-refractivity contribution in [2.75, 3.05) is 13.6 Å². The lowest BCUT2D eigenvalue weighted by Crippen LogP contribution is -2.28. The molecule has 0 heterocycles. The van der Waals surface area contributed by atoms with Crippen LogP contribution in [0.25, 0.3) is 0 Å². The van der Waals surface area contributed by atoms with Crippen molar-refractivity contribution in [3.63, 3.8) is 0 Å². The first kappa shape index (κ1) is 14.0. The second kappa shape index (κ2) is 6.70. The summed E-state index contributed by atoms with van der Waals surface area (Å²) in [7, 11) is 2.08. The summed E-state index contributed by atoms with van der Waals surface area (Å²) in [6.45, 7) is 0.967. The first-order chi connectivity index (χ1) is 9.20. The highest BCUT2D eigenvalue weighted by Crippen LogP contribution is 2.24. The third kappa shape index (κ3) is 3.79. The Morgan fingerprint density at radius 1 is 1.37 bits per heavy atom. The summed E-state index contributed by atoms with van der Waals surface area (Å²) in [6.07, 6.45) is 5.06. The van der Waals surface area contributed by atoms with Crippen molar-refractivity contribution in [2.45, 2.75) is 38.3 Å². The summed E-state index contributed by atoms with van der Waals surface area (Å²) in [4.78, 5) is 2.26. The molecular formula is C16H21FN2. The van der Waals surface area contributed by atoms with Crippen molar-refractivity contribution in [3.8, 4) is 11.8 Å². The van der Waals surface area contributed by atoms with Crippen molar-refractivity contribution in [1.82, 2.24) is 4.90 Å². The molecule has 19 heavy (non-hydrogen) atoms. The lowest BCUT2D eigenvalue weighted by molar-refractivity contribution is 0.234. The van der Waals surface area contributed by atoms with Gasteiger partial charge in [0.25, 0.3) is 0 Å². The highest BCUT2D eigenvalue weighted by molar-refractivity contribution is 5.37. The number of nitrogens with two attached hydrogens (primary N) is 1. The molecule has 0 amide bonds. The monoisotopic (exact) mass is 260 g/mol. The molecule has 0 aliphatic heterocycles. The summed E-state index contributed by atoms with van der Waals surface area (Å²) in [5, 5.41) is 0. The molecule has 1 saturated carbocycles. The van der Waals surface area contributed by atoms with Crippen LogP contribution in [0.15, 0.2) is 18.2 Å². The Morgan fingerprint density at radius 3 is 2.74 bits per heavy atom. The van der Waals surface area contributed by atoms with E-state index in [9.17, 15) is 4.39 Å². The van der Waals surface area contributed by atoms with Gasteiger partial charge in [0.2, 0.25) is 0 Å². The first-order valence-corrected chi connectivity index (χ1v) is 6.88. The standard InChI is InChI=1S/C16H21FN2/c1-19(15-6-2-3-7-15)12-14-9-8-13(5-4-10-18)11-16(14)17/h8-9,11,15H,2-3,6-7,10,12,18H2,1H3. The van der Waals surface area contributed by atoms with Gasteiger partial charge < -0.3 is 5.73 Å². The van der Waals surface area contributed by atoms with Crippen LogP contribution in [0.1, 0.15) is 36.8 Å². The van der Waals surface area contributed by atoms with Crippen LogP contribution in [-0.4, -0.2) is 24.5 Å². The second-order valence-electron chi connectivity index (χ2n) is 5.17. The van der Waals surface area contributed by atoms with Gasteiger partial charge in [-0.1, -0.05) is 30.7 Å². The lowest BCUT2D eigenvalue weighted by atomic mass is 10.1. The maximum absolute atomic E-state index is 14.0. The average Bonchev–Trinajstić information content (AvgIpc) is 2.93. The molecule has 1 aliphatic rings. The summed E-state index contributed by atoms with van der Waals surface area (Å²) in [5.74, 6) is 5.42. The minimum absolute atomic E-state index is 0.173. The van der Waals surface area contributed by atoms with E-state index in [0.29, 0.717) is 24.7 Å². The van der Waals surface area contributed by atoms with Gasteiger partial charge in [0, 0.05) is 23.7 Å². The van der Waals surface area contributed by atoms with Gasteiger partial charge in [0.15, 0.2) is 0 Å². The predicted molar refractivity (Wildman–Crippen MR) is 76.1 cm³/mol. The zero-order valence-electron chi connectivity index (χ0n) is 11.5. The number of benzene rings is 1. The van der Waals surface area contributed by atoms with E-state index >= 15 is 0 Å². The van der Waals surface area contributed by atoms with E-state index in [1.54, 1.807) is 0 Å². The summed E-state index contributed by atoms with van der Waals surface area (Å²) in [5.41, 5.74) is 6.74. The molecule has 0 spiro atoms. The first-order valence-electron chi connectivity index (χ1n) is 6.88. The minimum atomic E-state index is -0.173. The van der Waals surface area contributed by atoms with Crippen molar-refractivity contribution in [1.29, 1.82) is 0 Å². The fraction of sp³-hybridized carbons (Fsp3) is 0.500. The molecule has 0 atom stereocenters. The number of halogens is 1. The Morgan fingerprint density at radius 2 is 2.11 bits per heavy atom. The smallest absolute Gasteiger partial charge is 0.128 e. The van der Waals surface area contributed by atoms with Crippen LogP contribution < -0.4 is 5.73 Å². The summed E-state index contributed by atoms with van der Waals surface area (Å²) >= 11 is 0. The van der Waals surface area contributed by atoms with Crippen LogP contribution in [0.2, 0.25) is 0 Å². The van der Waals surface area contributed by atoms with E-state index in [4.69, 9.17) is 5.73 Å². The van der Waals surface area contributed by atoms with Crippen LogP contribution >= 0.6 is 0 Å². The molecule has 102 valence electrons. The van der Waals surface area contributed by atoms with E-state index in [-0.39, 0.29) is 5.82 Å². The molecule has 2 nitrogen and oxygen atoms in total. The molecule has 1 fully saturated rings. The van der Waals surface area contributed by atoms with Crippen molar-refractivity contribution in [3.05, 3.63) is 35.1 Å². The number of nitrogens with zero attached hydrogens (tertiary/aromatic N) is 1. The van der Waals surface area contributed by atoms with Gasteiger partial charge in [-0.15, -0.1) is 0 Å². The van der Waals surface area contributed by atoms with E-state index < -0.39 is 0 Å². The Hall–Kier alpha value is -1.37. The molecule has 0 aromatic heterocycles. The predicted octanol–water partition coefficient (Wildman–Crippen LogP) is 2.51. The average molecular weight is 260 g/mol. The van der Waals surface area contributed by atoms with Crippen LogP contribution in [-0.2, 0) is 6.54 Å². The van der Waals surface area contributed by atoms with Gasteiger partial charge >= 0.3 is 0 Å². The van der Waals surface area contributed by atoms with Crippen molar-refractivity contribution < 1.29 is 4.39 Å². The Labute approximate surface area is 114 Å². The number of hydrogen-bond acceptors (Lipinski definition) is 2. The van der Waals surface area contributed by atoms with Gasteiger partial charge in [-0.3, -0.25) is 4.90 Å². The normalized spacial score (nSPS) is 15.6. The maximum Gasteiger partial charge on any atom is 0.128 e. The SMILES string of the molecule is CN(Cc1ccc(C#CCN)cc1F)C1CCCC1. The molecule has 2 rings (SSSR count). The van der Waals surface area contributed by atoms with Gasteiger partial charge in [0.1, 0.15) is 5.82 Å². The highest BCUT2D eigenvalue weighted by atomic mass is 19.1. The van der Waals surface area contributed by atoms with E-state index in [0.717, 1.165) is 5.56 Å². The van der Waals surface area contributed by atoms with Crippen LogP contribution in [0.4, 0.5) is 4.39 Å². The molecule has 0 radical (unpaired) electrons. The van der Waals surface area contributed by atoms with Crippen LogP contribution in [0.3, 0.4) is 0 Å². The summed E-state index contributed by atoms with van der Waals surface area (Å²) < 4.78 is 14.0. The van der Waals surface area contributed by atoms with E-state index in [1.165, 1.54) is 31.7 Å². The van der Waals surface area contributed by atoms with E-state index in [1.807, 2.05) is 12.1 Å². The van der Waals surface area contributed by atoms with Gasteiger partial charge in [-0.25, -0.2) is 4.39 Å². The molecule has 2 N–H and O–H groups in total. The quantitative estimate of drug-likeness (QED) is 0.846. The molecule has 1 aromatic rings. The molecule has 0 unspecified atom stereocenters. The van der Waals surface area contributed by atoms with Gasteiger partial charge in [-0.2, -0.15) is 0 Å². The third-order valence-electron chi connectivity index (χ3n) is 3.76. The molecule has 3 heteroatoms. The van der Waals surface area contributed by atoms with Crippen LogP contribution in [0, 0.1) is 17.7 Å². The van der Waals surface area contributed by atoms with Crippen molar-refractivity contribution >= 4 is 0 Å². The topological polar surface area (TPSA) is 29.3 Å². The minimum Gasteiger partial charge on any atom is -0.320 e. The zero-order valence-corrected chi connectivity index (χ0v) is 11.5. The Bertz CT molecular complexity index is 481. The van der Waals surface area contributed by atoms with Gasteiger partial charge in [0.05, 0.1) is 6.54 Å². The molecular weight excluding hydrogens is 239 g/mol. The van der Waals surface area contributed by atoms with Crippen LogP contribution in [0.5, 0.6) is 0 Å². The van der Waals surface area contributed by atoms with Gasteiger partial charge in [-0.05, 0) is 32.0 Å². The highest BCUT2D eigenvalue weighted by Gasteiger charge is 2.20. The lowest BCUT2D eigenvalue weighted by Gasteiger charge is -2.24. The number of rotatable bonds is 3.